The lowest BCUT2D eigenvalue weighted by atomic mass is 9.93. The molecule has 3 rings (SSSR count). The Bertz CT molecular complexity index is 600. The average molecular weight is 271 g/mol. The molecule has 2 aromatic rings. The molecule has 0 saturated carbocycles. The quantitative estimate of drug-likeness (QED) is 0.929. The largest absolute Gasteiger partial charge is 0.329 e. The Balaban J connectivity index is 1.82. The van der Waals surface area contributed by atoms with E-state index in [0.717, 1.165) is 18.5 Å². The van der Waals surface area contributed by atoms with Crippen LogP contribution in [-0.2, 0) is 19.5 Å². The minimum Gasteiger partial charge on any atom is -0.329 e. The molecule has 2 N–H and O–H groups in total. The van der Waals surface area contributed by atoms with E-state index in [9.17, 15) is 4.39 Å². The highest BCUT2D eigenvalue weighted by Gasteiger charge is 2.24. The first kappa shape index (κ1) is 13.2. The van der Waals surface area contributed by atoms with Crippen molar-refractivity contribution in [3.8, 4) is 0 Å². The Morgan fingerprint density at radius 2 is 2.05 bits per heavy atom. The van der Waals surface area contributed by atoms with Crippen LogP contribution in [0.3, 0.4) is 0 Å². The maximum absolute atomic E-state index is 13.2. The minimum absolute atomic E-state index is 0.288. The molecule has 0 bridgehead atoms. The molecule has 0 saturated heterocycles. The lowest BCUT2D eigenvalue weighted by Crippen LogP contribution is -2.44. The molecule has 1 aromatic carbocycles. The summed E-state index contributed by atoms with van der Waals surface area (Å²) in [4.78, 5) is 6.22. The first-order valence-electron chi connectivity index (χ1n) is 6.86. The molecular weight excluding hydrogens is 253 g/mol. The Kier molecular flexibility index (Phi) is 3.76. The van der Waals surface area contributed by atoms with Gasteiger partial charge in [0.2, 0.25) is 0 Å². The van der Waals surface area contributed by atoms with Crippen molar-refractivity contribution >= 4 is 0 Å². The summed E-state index contributed by atoms with van der Waals surface area (Å²) in [5.41, 5.74) is 9.50. The van der Waals surface area contributed by atoms with E-state index in [1.54, 1.807) is 12.3 Å². The second-order valence-electron chi connectivity index (χ2n) is 5.28. The van der Waals surface area contributed by atoms with Gasteiger partial charge in [-0.3, -0.25) is 9.88 Å². The van der Waals surface area contributed by atoms with E-state index in [-0.39, 0.29) is 5.82 Å². The van der Waals surface area contributed by atoms with Gasteiger partial charge in [0.15, 0.2) is 0 Å². The summed E-state index contributed by atoms with van der Waals surface area (Å²) in [5.74, 6) is -0.288. The van der Waals surface area contributed by atoms with Crippen LogP contribution in [0.2, 0.25) is 0 Å². The molecule has 1 aliphatic heterocycles. The van der Waals surface area contributed by atoms with E-state index in [1.807, 2.05) is 0 Å². The molecule has 1 unspecified atom stereocenters. The van der Waals surface area contributed by atoms with E-state index >= 15 is 0 Å². The number of fused-ring (bicyclic) bond motifs is 1. The van der Waals surface area contributed by atoms with Crippen LogP contribution in [0.25, 0.3) is 0 Å². The highest BCUT2D eigenvalue weighted by atomic mass is 19.1. The van der Waals surface area contributed by atoms with Crippen LogP contribution >= 0.6 is 0 Å². The molecule has 3 nitrogen and oxygen atoms in total. The molecule has 0 spiro atoms. The second-order valence-corrected chi connectivity index (χ2v) is 5.28. The first-order chi connectivity index (χ1) is 9.76. The van der Waals surface area contributed by atoms with E-state index < -0.39 is 0 Å². The third-order valence-corrected chi connectivity index (χ3v) is 3.88. The molecule has 1 aliphatic rings. The fraction of sp³-hybridized carbons (Fsp3) is 0.312. The molecular formula is C16H18FN3. The van der Waals surface area contributed by atoms with Crippen LogP contribution in [0.1, 0.15) is 16.7 Å². The smallest absolute Gasteiger partial charge is 0.141 e. The fourth-order valence-electron chi connectivity index (χ4n) is 2.84. The number of hydrogen-bond acceptors (Lipinski definition) is 3. The number of aromatic nitrogens is 1. The molecule has 0 fully saturated rings. The normalized spacial score (nSPS) is 18.8. The predicted octanol–water partition coefficient (Wildman–Crippen LogP) is 2.11. The van der Waals surface area contributed by atoms with Gasteiger partial charge < -0.3 is 5.73 Å². The number of benzene rings is 1. The summed E-state index contributed by atoms with van der Waals surface area (Å²) in [6.07, 6.45) is 3.90. The Labute approximate surface area is 118 Å². The maximum Gasteiger partial charge on any atom is 0.141 e. The van der Waals surface area contributed by atoms with Gasteiger partial charge in [-0.25, -0.2) is 4.39 Å². The maximum atomic E-state index is 13.2. The zero-order chi connectivity index (χ0) is 13.9. The van der Waals surface area contributed by atoms with Crippen molar-refractivity contribution in [1.29, 1.82) is 0 Å². The molecule has 0 aliphatic carbocycles. The Hall–Kier alpha value is -1.78. The predicted molar refractivity (Wildman–Crippen MR) is 76.4 cm³/mol. The third-order valence-electron chi connectivity index (χ3n) is 3.88. The zero-order valence-corrected chi connectivity index (χ0v) is 11.3. The highest BCUT2D eigenvalue weighted by Crippen LogP contribution is 2.24. The van der Waals surface area contributed by atoms with E-state index in [4.69, 9.17) is 5.73 Å². The van der Waals surface area contributed by atoms with Crippen molar-refractivity contribution in [2.75, 3.05) is 6.54 Å². The topological polar surface area (TPSA) is 42.1 Å². The number of nitrogens with zero attached hydrogens (tertiary/aromatic N) is 2. The van der Waals surface area contributed by atoms with E-state index in [0.29, 0.717) is 19.1 Å². The monoisotopic (exact) mass is 271 g/mol. The van der Waals surface area contributed by atoms with E-state index in [1.165, 1.54) is 17.3 Å². The van der Waals surface area contributed by atoms with Crippen LogP contribution in [0.4, 0.5) is 4.39 Å². The van der Waals surface area contributed by atoms with Crippen LogP contribution in [0, 0.1) is 5.82 Å². The third kappa shape index (κ3) is 2.71. The molecule has 20 heavy (non-hydrogen) atoms. The van der Waals surface area contributed by atoms with Gasteiger partial charge >= 0.3 is 0 Å². The van der Waals surface area contributed by atoms with Gasteiger partial charge in [-0.15, -0.1) is 0 Å². The van der Waals surface area contributed by atoms with Gasteiger partial charge in [0.25, 0.3) is 0 Å². The number of halogens is 1. The molecule has 1 atom stereocenters. The van der Waals surface area contributed by atoms with Gasteiger partial charge in [0, 0.05) is 31.9 Å². The Morgan fingerprint density at radius 1 is 1.25 bits per heavy atom. The number of nitrogens with two attached hydrogens (primary N) is 1. The van der Waals surface area contributed by atoms with Crippen molar-refractivity contribution in [2.24, 2.45) is 5.73 Å². The number of hydrogen-bond donors (Lipinski definition) is 1. The van der Waals surface area contributed by atoms with Crippen molar-refractivity contribution in [3.05, 3.63) is 65.2 Å². The van der Waals surface area contributed by atoms with Gasteiger partial charge in [-0.05, 0) is 29.2 Å². The summed E-state index contributed by atoms with van der Waals surface area (Å²) in [7, 11) is 0. The summed E-state index contributed by atoms with van der Waals surface area (Å²) in [5, 5.41) is 0. The van der Waals surface area contributed by atoms with Crippen LogP contribution in [0.15, 0.2) is 42.7 Å². The molecule has 0 amide bonds. The molecule has 0 radical (unpaired) electrons. The van der Waals surface area contributed by atoms with Crippen molar-refractivity contribution in [1.82, 2.24) is 9.88 Å². The zero-order valence-electron chi connectivity index (χ0n) is 11.3. The van der Waals surface area contributed by atoms with Crippen LogP contribution < -0.4 is 5.73 Å². The molecule has 4 heteroatoms. The standard InChI is InChI=1S/C16H18FN3/c17-15-5-12(8-19-9-15)10-20-11-14-4-2-1-3-13(14)6-16(20)7-18/h1-5,8-9,16H,6-7,10-11,18H2. The van der Waals surface area contributed by atoms with Gasteiger partial charge in [-0.2, -0.15) is 0 Å². The SMILES string of the molecule is NCC1Cc2ccccc2CN1Cc1cncc(F)c1. The van der Waals surface area contributed by atoms with Crippen LogP contribution in [0.5, 0.6) is 0 Å². The number of pyridine rings is 1. The summed E-state index contributed by atoms with van der Waals surface area (Å²) in [6.45, 7) is 2.15. The number of rotatable bonds is 3. The summed E-state index contributed by atoms with van der Waals surface area (Å²) in [6, 6.07) is 10.3. The van der Waals surface area contributed by atoms with Crippen LogP contribution in [-0.4, -0.2) is 22.5 Å². The van der Waals surface area contributed by atoms with Crippen molar-refractivity contribution in [3.63, 3.8) is 0 Å². The molecule has 2 heterocycles. The highest BCUT2D eigenvalue weighted by molar-refractivity contribution is 5.30. The molecule has 1 aromatic heterocycles. The van der Waals surface area contributed by atoms with Crippen molar-refractivity contribution < 1.29 is 4.39 Å². The fourth-order valence-corrected chi connectivity index (χ4v) is 2.84. The lowest BCUT2D eigenvalue weighted by molar-refractivity contribution is 0.166. The van der Waals surface area contributed by atoms with Gasteiger partial charge in [-0.1, -0.05) is 24.3 Å². The minimum atomic E-state index is -0.288. The second kappa shape index (κ2) is 5.69. The first-order valence-corrected chi connectivity index (χ1v) is 6.86. The van der Waals surface area contributed by atoms with Gasteiger partial charge in [0.1, 0.15) is 5.82 Å². The summed E-state index contributed by atoms with van der Waals surface area (Å²) >= 11 is 0. The Morgan fingerprint density at radius 3 is 2.80 bits per heavy atom. The van der Waals surface area contributed by atoms with Gasteiger partial charge in [0.05, 0.1) is 6.20 Å². The average Bonchev–Trinajstić information content (AvgIpc) is 2.46. The lowest BCUT2D eigenvalue weighted by Gasteiger charge is -2.36. The van der Waals surface area contributed by atoms with Crippen molar-refractivity contribution in [2.45, 2.75) is 25.6 Å². The summed E-state index contributed by atoms with van der Waals surface area (Å²) < 4.78 is 13.2. The molecule has 104 valence electrons. The van der Waals surface area contributed by atoms with E-state index in [2.05, 4.69) is 34.1 Å².